The van der Waals surface area contributed by atoms with Crippen molar-refractivity contribution in [2.24, 2.45) is 0 Å². The van der Waals surface area contributed by atoms with Gasteiger partial charge in [0, 0.05) is 18.3 Å². The molecule has 1 atom stereocenters. The highest BCUT2D eigenvalue weighted by molar-refractivity contribution is 5.85. The van der Waals surface area contributed by atoms with Crippen molar-refractivity contribution in [3.63, 3.8) is 0 Å². The summed E-state index contributed by atoms with van der Waals surface area (Å²) in [5.41, 5.74) is 3.37. The van der Waals surface area contributed by atoms with Crippen LogP contribution in [0.5, 0.6) is 0 Å². The third-order valence-electron chi connectivity index (χ3n) is 3.01. The lowest BCUT2D eigenvalue weighted by atomic mass is 10.1. The minimum Gasteiger partial charge on any atom is -0.376 e. The number of likely N-dealkylation sites (N-methyl/N-ethyl adjacent to an activating group) is 1. The molecule has 0 aliphatic carbocycles. The molecule has 1 rings (SSSR count). The Kier molecular flexibility index (Phi) is 11.5. The number of halogens is 2. The van der Waals surface area contributed by atoms with Crippen LogP contribution < -0.4 is 16.0 Å². The summed E-state index contributed by atoms with van der Waals surface area (Å²) in [6.07, 6.45) is 0. The zero-order valence-electron chi connectivity index (χ0n) is 12.4. The molecule has 0 radical (unpaired) electrons. The Hall–Kier alpha value is -0.970. The van der Waals surface area contributed by atoms with Crippen LogP contribution in [0, 0.1) is 13.8 Å². The molecular weight excluding hydrogens is 297 g/mol. The summed E-state index contributed by atoms with van der Waals surface area (Å²) in [5.74, 6) is 0.0137. The van der Waals surface area contributed by atoms with E-state index in [1.807, 2.05) is 46.0 Å². The second kappa shape index (κ2) is 10.8. The van der Waals surface area contributed by atoms with Crippen molar-refractivity contribution in [2.75, 3.05) is 25.5 Å². The topological polar surface area (TPSA) is 53.2 Å². The van der Waals surface area contributed by atoms with Crippen LogP contribution in [0.1, 0.15) is 18.1 Å². The molecule has 0 aliphatic rings. The second-order valence-electron chi connectivity index (χ2n) is 4.61. The van der Waals surface area contributed by atoms with Gasteiger partial charge in [0.15, 0.2) is 0 Å². The van der Waals surface area contributed by atoms with Crippen LogP contribution in [-0.4, -0.2) is 32.1 Å². The van der Waals surface area contributed by atoms with Gasteiger partial charge in [-0.3, -0.25) is 4.79 Å². The molecule has 1 unspecified atom stereocenters. The van der Waals surface area contributed by atoms with Gasteiger partial charge < -0.3 is 16.0 Å². The molecule has 0 saturated heterocycles. The fourth-order valence-electron chi connectivity index (χ4n) is 1.69. The number of benzene rings is 1. The smallest absolute Gasteiger partial charge is 0.239 e. The summed E-state index contributed by atoms with van der Waals surface area (Å²) in [6, 6.07) is 6.38. The Morgan fingerprint density at radius 1 is 1.20 bits per heavy atom. The fraction of sp³-hybridized carbons (Fsp3) is 0.500. The van der Waals surface area contributed by atoms with Gasteiger partial charge in [0.25, 0.3) is 0 Å². The lowest BCUT2D eigenvalue weighted by molar-refractivity contribution is -0.119. The van der Waals surface area contributed by atoms with Gasteiger partial charge in [-0.15, -0.1) is 24.8 Å². The second-order valence-corrected chi connectivity index (χ2v) is 4.61. The normalized spacial score (nSPS) is 10.8. The summed E-state index contributed by atoms with van der Waals surface area (Å²) < 4.78 is 0. The molecule has 0 aliphatic heterocycles. The van der Waals surface area contributed by atoms with Crippen LogP contribution in [0.25, 0.3) is 0 Å². The number of carbonyl (C=O) groups excluding carboxylic acids is 1. The number of carbonyl (C=O) groups is 1. The minimum atomic E-state index is 0. The molecule has 1 amide bonds. The van der Waals surface area contributed by atoms with Crippen molar-refractivity contribution in [3.05, 3.63) is 29.3 Å². The maximum atomic E-state index is 11.7. The largest absolute Gasteiger partial charge is 0.376 e. The number of aryl methyl sites for hydroxylation is 2. The van der Waals surface area contributed by atoms with E-state index in [4.69, 9.17) is 0 Å². The van der Waals surface area contributed by atoms with Crippen LogP contribution in [0.15, 0.2) is 18.2 Å². The summed E-state index contributed by atoms with van der Waals surface area (Å²) in [7, 11) is 1.88. The predicted octanol–water partition coefficient (Wildman–Crippen LogP) is 2.28. The average Bonchev–Trinajstić information content (AvgIpc) is 2.35. The summed E-state index contributed by atoms with van der Waals surface area (Å²) in [6.45, 7) is 7.05. The van der Waals surface area contributed by atoms with E-state index < -0.39 is 0 Å². The van der Waals surface area contributed by atoms with Gasteiger partial charge in [-0.1, -0.05) is 18.2 Å². The number of amides is 1. The number of hydrogen-bond acceptors (Lipinski definition) is 3. The molecule has 1 aromatic carbocycles. The molecule has 0 heterocycles. The molecule has 0 bridgehead atoms. The monoisotopic (exact) mass is 321 g/mol. The van der Waals surface area contributed by atoms with Crippen molar-refractivity contribution in [3.8, 4) is 0 Å². The minimum absolute atomic E-state index is 0. The van der Waals surface area contributed by atoms with Crippen LogP contribution in [0.2, 0.25) is 0 Å². The highest BCUT2D eigenvalue weighted by Gasteiger charge is 2.06. The third-order valence-corrected chi connectivity index (χ3v) is 3.01. The fourth-order valence-corrected chi connectivity index (χ4v) is 1.69. The molecular formula is C14H25Cl2N3O. The van der Waals surface area contributed by atoms with Crippen molar-refractivity contribution in [1.29, 1.82) is 0 Å². The molecule has 20 heavy (non-hydrogen) atoms. The van der Waals surface area contributed by atoms with Gasteiger partial charge in [0.2, 0.25) is 5.91 Å². The van der Waals surface area contributed by atoms with Crippen molar-refractivity contribution in [2.45, 2.75) is 26.8 Å². The molecule has 0 aromatic heterocycles. The third kappa shape index (κ3) is 6.98. The zero-order chi connectivity index (χ0) is 13.5. The molecule has 0 spiro atoms. The van der Waals surface area contributed by atoms with Crippen LogP contribution in [-0.2, 0) is 4.79 Å². The Balaban J connectivity index is 0. The van der Waals surface area contributed by atoms with Gasteiger partial charge >= 0.3 is 0 Å². The van der Waals surface area contributed by atoms with E-state index in [2.05, 4.69) is 16.0 Å². The first-order valence-corrected chi connectivity index (χ1v) is 6.28. The van der Waals surface area contributed by atoms with E-state index in [0.717, 1.165) is 16.8 Å². The first kappa shape index (κ1) is 21.3. The van der Waals surface area contributed by atoms with E-state index in [9.17, 15) is 4.79 Å². The van der Waals surface area contributed by atoms with Crippen molar-refractivity contribution >= 4 is 36.4 Å². The number of anilines is 1. The van der Waals surface area contributed by atoms with Gasteiger partial charge in [0.05, 0.1) is 6.54 Å². The molecule has 116 valence electrons. The molecule has 0 saturated carbocycles. The first-order chi connectivity index (χ1) is 8.54. The van der Waals surface area contributed by atoms with Gasteiger partial charge in [-0.25, -0.2) is 0 Å². The Morgan fingerprint density at radius 2 is 1.75 bits per heavy atom. The SMILES string of the molecule is CNC(C)CNC(=O)CNc1c(C)cccc1C.Cl.Cl. The Labute approximate surface area is 133 Å². The van der Waals surface area contributed by atoms with Gasteiger partial charge in [0.1, 0.15) is 0 Å². The summed E-state index contributed by atoms with van der Waals surface area (Å²) in [5, 5.41) is 9.15. The molecule has 0 fully saturated rings. The Morgan fingerprint density at radius 3 is 2.25 bits per heavy atom. The first-order valence-electron chi connectivity index (χ1n) is 6.28. The molecule has 6 heteroatoms. The van der Waals surface area contributed by atoms with Crippen molar-refractivity contribution < 1.29 is 4.79 Å². The lowest BCUT2D eigenvalue weighted by Gasteiger charge is -2.14. The van der Waals surface area contributed by atoms with E-state index in [0.29, 0.717) is 13.1 Å². The van der Waals surface area contributed by atoms with Gasteiger partial charge in [-0.2, -0.15) is 0 Å². The van der Waals surface area contributed by atoms with Crippen LogP contribution in [0.4, 0.5) is 5.69 Å². The van der Waals surface area contributed by atoms with Gasteiger partial charge in [-0.05, 0) is 38.9 Å². The molecule has 4 nitrogen and oxygen atoms in total. The molecule has 1 aromatic rings. The number of nitrogens with one attached hydrogen (secondary N) is 3. The number of hydrogen-bond donors (Lipinski definition) is 3. The molecule has 3 N–H and O–H groups in total. The standard InChI is InChI=1S/C14H23N3O.2ClH/c1-10-6-5-7-11(2)14(10)17-9-13(18)16-8-12(3)15-4;;/h5-7,12,15,17H,8-9H2,1-4H3,(H,16,18);2*1H. The maximum absolute atomic E-state index is 11.7. The predicted molar refractivity (Wildman–Crippen MR) is 90.4 cm³/mol. The van der Waals surface area contributed by atoms with E-state index in [1.165, 1.54) is 0 Å². The number of rotatable bonds is 6. The highest BCUT2D eigenvalue weighted by Crippen LogP contribution is 2.18. The summed E-state index contributed by atoms with van der Waals surface area (Å²) >= 11 is 0. The van der Waals surface area contributed by atoms with E-state index >= 15 is 0 Å². The van der Waals surface area contributed by atoms with Crippen LogP contribution in [0.3, 0.4) is 0 Å². The van der Waals surface area contributed by atoms with E-state index in [1.54, 1.807) is 0 Å². The summed E-state index contributed by atoms with van der Waals surface area (Å²) in [4.78, 5) is 11.7. The Bertz CT molecular complexity index is 393. The zero-order valence-corrected chi connectivity index (χ0v) is 14.1. The van der Waals surface area contributed by atoms with Crippen LogP contribution >= 0.6 is 24.8 Å². The van der Waals surface area contributed by atoms with E-state index in [-0.39, 0.29) is 36.8 Å². The van der Waals surface area contributed by atoms with Crippen molar-refractivity contribution in [1.82, 2.24) is 10.6 Å². The highest BCUT2D eigenvalue weighted by atomic mass is 35.5. The maximum Gasteiger partial charge on any atom is 0.239 e. The average molecular weight is 322 g/mol. The lowest BCUT2D eigenvalue weighted by Crippen LogP contribution is -2.39. The quantitative estimate of drug-likeness (QED) is 0.753. The number of para-hydroxylation sites is 1.